The molecule has 4 aromatic rings. The molecule has 0 aromatic heterocycles. The van der Waals surface area contributed by atoms with Crippen molar-refractivity contribution >= 4 is 35.6 Å². The largest absolute Gasteiger partial charge is 0.483 e. The molecule has 5 rings (SSSR count). The van der Waals surface area contributed by atoms with Gasteiger partial charge in [0, 0.05) is 35.5 Å². The van der Waals surface area contributed by atoms with Crippen LogP contribution < -0.4 is 15.8 Å². The van der Waals surface area contributed by atoms with E-state index in [4.69, 9.17) is 15.6 Å². The van der Waals surface area contributed by atoms with Crippen LogP contribution in [0, 0.1) is 5.92 Å². The molecule has 0 saturated heterocycles. The van der Waals surface area contributed by atoms with Crippen LogP contribution in [-0.2, 0) is 22.6 Å². The number of benzene rings is 4. The Hall–Kier alpha value is -4.43. The summed E-state index contributed by atoms with van der Waals surface area (Å²) < 4.78 is 3.62. The van der Waals surface area contributed by atoms with Crippen molar-refractivity contribution in [3.05, 3.63) is 148 Å². The van der Waals surface area contributed by atoms with E-state index in [1.807, 2.05) is 50.2 Å². The number of unbranched alkanes of at least 4 members (excludes halogenated alkanes) is 2. The standard InChI is InChI=1S/C26H30N2OS.C16H21N.C2H6.CH2O2/c1-2-3-6-15-26(29)27-23-16-18-24(19-17-23)30-28-25(22-13-9-5-10-14-22)20-21-11-7-4-8-12-21;1-10-11(2)13(4)16(12(10)3)15-8-6-5-7-14(15)9-17;1-2;2-1-3/h4-5,7-14,16-19,25,28H,2-3,6,15,20H2,1H3,(H,27,29);5-8,12H,9,17H2,1-4H3;1-2H3;1H,(H,2,3). The van der Waals surface area contributed by atoms with Gasteiger partial charge in [-0.1, -0.05) is 131 Å². The van der Waals surface area contributed by atoms with E-state index in [0.29, 0.717) is 18.9 Å². The highest BCUT2D eigenvalue weighted by atomic mass is 32.2. The summed E-state index contributed by atoms with van der Waals surface area (Å²) in [5.74, 6) is 0.608. The average Bonchev–Trinajstić information content (AvgIpc) is 3.37. The van der Waals surface area contributed by atoms with E-state index in [1.165, 1.54) is 44.5 Å². The molecule has 0 heterocycles. The van der Waals surface area contributed by atoms with Crippen molar-refractivity contribution < 1.29 is 14.7 Å². The molecule has 1 aliphatic carbocycles. The van der Waals surface area contributed by atoms with Crippen LogP contribution in [0.5, 0.6) is 0 Å². The number of nitrogens with one attached hydrogen (secondary N) is 2. The molecular formula is C45H59N3O3S. The van der Waals surface area contributed by atoms with Crippen molar-refractivity contribution in [1.82, 2.24) is 4.72 Å². The Labute approximate surface area is 317 Å². The second kappa shape index (κ2) is 24.7. The summed E-state index contributed by atoms with van der Waals surface area (Å²) in [4.78, 5) is 21.5. The number of allylic oxidation sites excluding steroid dienone is 4. The van der Waals surface area contributed by atoms with Gasteiger partial charge in [-0.05, 0) is 109 Å². The van der Waals surface area contributed by atoms with Gasteiger partial charge in [0.2, 0.25) is 5.91 Å². The van der Waals surface area contributed by atoms with Gasteiger partial charge >= 0.3 is 0 Å². The van der Waals surface area contributed by atoms with Gasteiger partial charge < -0.3 is 16.2 Å². The lowest BCUT2D eigenvalue weighted by molar-refractivity contribution is -0.123. The third-order valence-corrected chi connectivity index (χ3v) is 10.0. The minimum absolute atomic E-state index is 0.0916. The Balaban J connectivity index is 0.000000359. The molecule has 0 spiro atoms. The van der Waals surface area contributed by atoms with E-state index in [2.05, 4.69) is 117 Å². The Kier molecular flexibility index (Phi) is 20.8. The lowest BCUT2D eigenvalue weighted by Crippen LogP contribution is -2.17. The lowest BCUT2D eigenvalue weighted by atomic mass is 9.89. The fourth-order valence-corrected chi connectivity index (χ4v) is 6.80. The van der Waals surface area contributed by atoms with Crippen LogP contribution in [0.2, 0.25) is 0 Å². The SMILES string of the molecule is CC.CC1=C(C)C(C)C(c2ccccc2CN)=C1C.CCCCCC(=O)Nc1ccc(SNC(Cc2ccccc2)c2ccccc2)cc1.O=CO. The number of carbonyl (C=O) groups is 2. The summed E-state index contributed by atoms with van der Waals surface area (Å²) in [5.41, 5.74) is 17.7. The fourth-order valence-electron chi connectivity index (χ4n) is 6.03. The Bertz CT molecular complexity index is 1690. The first kappa shape index (κ1) is 43.7. The highest BCUT2D eigenvalue weighted by molar-refractivity contribution is 7.97. The van der Waals surface area contributed by atoms with Gasteiger partial charge in [0.05, 0.1) is 0 Å². The molecule has 1 aliphatic rings. The lowest BCUT2D eigenvalue weighted by Gasteiger charge is -2.19. The van der Waals surface area contributed by atoms with E-state index >= 15 is 0 Å². The predicted molar refractivity (Wildman–Crippen MR) is 222 cm³/mol. The van der Waals surface area contributed by atoms with Crippen LogP contribution in [-0.4, -0.2) is 17.5 Å². The van der Waals surface area contributed by atoms with Crippen LogP contribution in [0.1, 0.15) is 102 Å². The second-order valence-corrected chi connectivity index (χ2v) is 13.3. The van der Waals surface area contributed by atoms with Crippen LogP contribution in [0.4, 0.5) is 5.69 Å². The second-order valence-electron chi connectivity index (χ2n) is 12.4. The van der Waals surface area contributed by atoms with Crippen LogP contribution >= 0.6 is 11.9 Å². The normalized spacial score (nSPS) is 13.8. The molecule has 0 bridgehead atoms. The van der Waals surface area contributed by atoms with E-state index < -0.39 is 0 Å². The number of nitrogens with two attached hydrogens (primary N) is 1. The predicted octanol–water partition coefficient (Wildman–Crippen LogP) is 11.4. The van der Waals surface area contributed by atoms with E-state index in [9.17, 15) is 4.79 Å². The van der Waals surface area contributed by atoms with Crippen LogP contribution in [0.3, 0.4) is 0 Å². The molecule has 52 heavy (non-hydrogen) atoms. The summed E-state index contributed by atoms with van der Waals surface area (Å²) in [6, 6.07) is 37.8. The van der Waals surface area contributed by atoms with Gasteiger partial charge in [0.25, 0.3) is 6.47 Å². The zero-order valence-corrected chi connectivity index (χ0v) is 32.9. The minimum atomic E-state index is -0.250. The van der Waals surface area contributed by atoms with Crippen molar-refractivity contribution in [2.45, 2.75) is 98.1 Å². The number of carboxylic acid groups (broad SMARTS) is 1. The van der Waals surface area contributed by atoms with E-state index in [-0.39, 0.29) is 18.4 Å². The molecule has 1 amide bonds. The average molecular weight is 722 g/mol. The third kappa shape index (κ3) is 13.9. The molecule has 2 atom stereocenters. The van der Waals surface area contributed by atoms with E-state index in [1.54, 1.807) is 11.9 Å². The van der Waals surface area contributed by atoms with Gasteiger partial charge in [-0.25, -0.2) is 0 Å². The van der Waals surface area contributed by atoms with Crippen molar-refractivity contribution in [2.75, 3.05) is 5.32 Å². The molecule has 7 heteroatoms. The van der Waals surface area contributed by atoms with Gasteiger partial charge in [-0.3, -0.25) is 14.3 Å². The molecule has 5 N–H and O–H groups in total. The van der Waals surface area contributed by atoms with Crippen molar-refractivity contribution in [3.63, 3.8) is 0 Å². The molecular weight excluding hydrogens is 663 g/mol. The Morgan fingerprint density at radius 1 is 0.846 bits per heavy atom. The highest BCUT2D eigenvalue weighted by Crippen LogP contribution is 2.43. The molecule has 278 valence electrons. The van der Waals surface area contributed by atoms with Gasteiger partial charge in [-0.15, -0.1) is 0 Å². The Morgan fingerprint density at radius 2 is 1.42 bits per heavy atom. The number of carbonyl (C=O) groups excluding carboxylic acids is 1. The van der Waals surface area contributed by atoms with E-state index in [0.717, 1.165) is 36.3 Å². The van der Waals surface area contributed by atoms with Crippen molar-refractivity contribution in [1.29, 1.82) is 0 Å². The summed E-state index contributed by atoms with van der Waals surface area (Å²) >= 11 is 1.62. The topological polar surface area (TPSA) is 104 Å². The number of rotatable bonds is 13. The maximum atomic E-state index is 12.0. The van der Waals surface area contributed by atoms with Gasteiger partial charge in [0.15, 0.2) is 0 Å². The van der Waals surface area contributed by atoms with Crippen LogP contribution in [0.15, 0.2) is 131 Å². The molecule has 4 aromatic carbocycles. The highest BCUT2D eigenvalue weighted by Gasteiger charge is 2.25. The fraction of sp³-hybridized carbons (Fsp3) is 0.333. The quantitative estimate of drug-likeness (QED) is 0.0622. The van der Waals surface area contributed by atoms with Crippen LogP contribution in [0.25, 0.3) is 5.57 Å². The summed E-state index contributed by atoms with van der Waals surface area (Å²) in [6.07, 6.45) is 4.68. The molecule has 2 unspecified atom stereocenters. The molecule has 6 nitrogen and oxygen atoms in total. The first-order chi connectivity index (χ1) is 25.2. The number of hydrogen-bond acceptors (Lipinski definition) is 5. The molecule has 0 aliphatic heterocycles. The number of anilines is 1. The summed E-state index contributed by atoms with van der Waals surface area (Å²) in [7, 11) is 0. The van der Waals surface area contributed by atoms with Gasteiger partial charge in [0.1, 0.15) is 0 Å². The summed E-state index contributed by atoms with van der Waals surface area (Å²) in [6.45, 7) is 15.5. The molecule has 0 saturated carbocycles. The number of amides is 1. The zero-order chi connectivity index (χ0) is 38.3. The summed E-state index contributed by atoms with van der Waals surface area (Å²) in [5, 5.41) is 9.87. The Morgan fingerprint density at radius 3 is 1.98 bits per heavy atom. The smallest absolute Gasteiger partial charge is 0.290 e. The first-order valence-corrected chi connectivity index (χ1v) is 19.2. The minimum Gasteiger partial charge on any atom is -0.483 e. The number of hydrogen-bond donors (Lipinski definition) is 4. The monoisotopic (exact) mass is 721 g/mol. The van der Waals surface area contributed by atoms with Crippen molar-refractivity contribution in [3.8, 4) is 0 Å². The maximum absolute atomic E-state index is 12.0. The van der Waals surface area contributed by atoms with Gasteiger partial charge in [-0.2, -0.15) is 0 Å². The first-order valence-electron chi connectivity index (χ1n) is 18.4. The molecule has 0 radical (unpaired) electrons. The van der Waals surface area contributed by atoms with Crippen molar-refractivity contribution in [2.24, 2.45) is 11.7 Å². The zero-order valence-electron chi connectivity index (χ0n) is 32.1. The maximum Gasteiger partial charge on any atom is 0.290 e. The molecule has 0 fully saturated rings. The third-order valence-electron chi connectivity index (χ3n) is 9.12.